The smallest absolute Gasteiger partial charge is 0.145 e. The summed E-state index contributed by atoms with van der Waals surface area (Å²) in [4.78, 5) is 0. The highest BCUT2D eigenvalue weighted by atomic mass is 16.5. The Balaban J connectivity index is 2.82. The van der Waals surface area contributed by atoms with Crippen LogP contribution in [0.25, 0.3) is 0 Å². The summed E-state index contributed by atoms with van der Waals surface area (Å²) in [6.45, 7) is 4.86. The van der Waals surface area contributed by atoms with Crippen LogP contribution in [0.2, 0.25) is 0 Å². The highest BCUT2D eigenvalue weighted by Gasteiger charge is 2.09. The molecule has 0 aliphatic carbocycles. The van der Waals surface area contributed by atoms with E-state index < -0.39 is 0 Å². The first kappa shape index (κ1) is 13.6. The van der Waals surface area contributed by atoms with E-state index in [1.807, 2.05) is 26.0 Å². The van der Waals surface area contributed by atoms with E-state index in [0.717, 1.165) is 35.7 Å². The van der Waals surface area contributed by atoms with Crippen molar-refractivity contribution in [3.8, 4) is 11.5 Å². The van der Waals surface area contributed by atoms with Gasteiger partial charge in [0.1, 0.15) is 11.5 Å². The SMILES string of the molecule is COc1cc(C)c(NCCC(C)N)c(OC)c1. The van der Waals surface area contributed by atoms with Crippen LogP contribution in [-0.4, -0.2) is 26.8 Å². The van der Waals surface area contributed by atoms with Crippen molar-refractivity contribution in [3.63, 3.8) is 0 Å². The molecule has 0 saturated carbocycles. The van der Waals surface area contributed by atoms with E-state index in [1.54, 1.807) is 14.2 Å². The van der Waals surface area contributed by atoms with Crippen molar-refractivity contribution in [2.45, 2.75) is 26.3 Å². The van der Waals surface area contributed by atoms with Gasteiger partial charge >= 0.3 is 0 Å². The molecule has 0 bridgehead atoms. The van der Waals surface area contributed by atoms with E-state index in [2.05, 4.69) is 5.32 Å². The van der Waals surface area contributed by atoms with Gasteiger partial charge in [0.15, 0.2) is 0 Å². The largest absolute Gasteiger partial charge is 0.497 e. The topological polar surface area (TPSA) is 56.5 Å². The number of ether oxygens (including phenoxy) is 2. The van der Waals surface area contributed by atoms with Gasteiger partial charge < -0.3 is 20.5 Å². The van der Waals surface area contributed by atoms with Gasteiger partial charge in [-0.2, -0.15) is 0 Å². The molecular weight excluding hydrogens is 216 g/mol. The van der Waals surface area contributed by atoms with Gasteiger partial charge in [-0.15, -0.1) is 0 Å². The lowest BCUT2D eigenvalue weighted by atomic mass is 10.1. The zero-order valence-corrected chi connectivity index (χ0v) is 11.0. The van der Waals surface area contributed by atoms with Crippen LogP contribution in [0.4, 0.5) is 5.69 Å². The molecule has 0 amide bonds. The maximum atomic E-state index is 5.72. The lowest BCUT2D eigenvalue weighted by Crippen LogP contribution is -2.19. The number of hydrogen-bond acceptors (Lipinski definition) is 4. The summed E-state index contributed by atoms with van der Waals surface area (Å²) < 4.78 is 10.6. The second-order valence-corrected chi connectivity index (χ2v) is 4.21. The van der Waals surface area contributed by atoms with Crippen LogP contribution in [-0.2, 0) is 0 Å². The fourth-order valence-corrected chi connectivity index (χ4v) is 1.65. The third kappa shape index (κ3) is 3.82. The minimum Gasteiger partial charge on any atom is -0.497 e. The standard InChI is InChI=1S/C13H22N2O2/c1-9-7-11(16-3)8-12(17-4)13(9)15-6-5-10(2)14/h7-8,10,15H,5-6,14H2,1-4H3. The number of rotatable bonds is 6. The summed E-state index contributed by atoms with van der Waals surface area (Å²) in [5.41, 5.74) is 7.83. The Kier molecular flexibility index (Phi) is 5.10. The fourth-order valence-electron chi connectivity index (χ4n) is 1.65. The Bertz CT molecular complexity index is 365. The maximum Gasteiger partial charge on any atom is 0.145 e. The summed E-state index contributed by atoms with van der Waals surface area (Å²) in [5, 5.41) is 3.35. The molecule has 96 valence electrons. The first-order chi connectivity index (χ1) is 8.08. The Morgan fingerprint density at radius 3 is 2.53 bits per heavy atom. The van der Waals surface area contributed by atoms with Gasteiger partial charge in [0.25, 0.3) is 0 Å². The normalized spacial score (nSPS) is 12.1. The van der Waals surface area contributed by atoms with Crippen molar-refractivity contribution in [2.75, 3.05) is 26.1 Å². The molecule has 4 nitrogen and oxygen atoms in total. The highest BCUT2D eigenvalue weighted by molar-refractivity contribution is 5.64. The second-order valence-electron chi connectivity index (χ2n) is 4.21. The monoisotopic (exact) mass is 238 g/mol. The van der Waals surface area contributed by atoms with Crippen molar-refractivity contribution in [1.29, 1.82) is 0 Å². The second kappa shape index (κ2) is 6.35. The van der Waals surface area contributed by atoms with Crippen LogP contribution in [0.5, 0.6) is 11.5 Å². The minimum absolute atomic E-state index is 0.201. The zero-order valence-electron chi connectivity index (χ0n) is 11.0. The molecular formula is C13H22N2O2. The van der Waals surface area contributed by atoms with Gasteiger partial charge in [-0.1, -0.05) is 0 Å². The molecule has 17 heavy (non-hydrogen) atoms. The van der Waals surface area contributed by atoms with Crippen LogP contribution in [0, 0.1) is 6.92 Å². The van der Waals surface area contributed by atoms with Crippen molar-refractivity contribution < 1.29 is 9.47 Å². The van der Waals surface area contributed by atoms with Crippen LogP contribution in [0.1, 0.15) is 18.9 Å². The number of hydrogen-bond donors (Lipinski definition) is 2. The Labute approximate surface area is 103 Å². The fraction of sp³-hybridized carbons (Fsp3) is 0.538. The van der Waals surface area contributed by atoms with E-state index in [9.17, 15) is 0 Å². The highest BCUT2D eigenvalue weighted by Crippen LogP contribution is 2.32. The number of anilines is 1. The first-order valence-electron chi connectivity index (χ1n) is 5.80. The summed E-state index contributed by atoms with van der Waals surface area (Å²) in [6, 6.07) is 4.06. The summed E-state index contributed by atoms with van der Waals surface area (Å²) in [7, 11) is 3.31. The van der Waals surface area contributed by atoms with Gasteiger partial charge in [-0.25, -0.2) is 0 Å². The van der Waals surface area contributed by atoms with Crippen molar-refractivity contribution in [2.24, 2.45) is 5.73 Å². The molecule has 1 aromatic rings. The molecule has 0 aromatic heterocycles. The average Bonchev–Trinajstić information content (AvgIpc) is 2.30. The molecule has 4 heteroatoms. The maximum absolute atomic E-state index is 5.72. The third-order valence-corrected chi connectivity index (χ3v) is 2.63. The number of benzene rings is 1. The van der Waals surface area contributed by atoms with Crippen molar-refractivity contribution in [1.82, 2.24) is 0 Å². The Morgan fingerprint density at radius 1 is 1.29 bits per heavy atom. The lowest BCUT2D eigenvalue weighted by Gasteiger charge is -2.16. The Hall–Kier alpha value is -1.42. The first-order valence-corrected chi connectivity index (χ1v) is 5.80. The van der Waals surface area contributed by atoms with Gasteiger partial charge in [-0.05, 0) is 31.9 Å². The number of methoxy groups -OCH3 is 2. The van der Waals surface area contributed by atoms with E-state index >= 15 is 0 Å². The van der Waals surface area contributed by atoms with Gasteiger partial charge in [0.2, 0.25) is 0 Å². The van der Waals surface area contributed by atoms with Gasteiger partial charge in [0.05, 0.1) is 19.9 Å². The average molecular weight is 238 g/mol. The number of nitrogens with two attached hydrogens (primary N) is 1. The van der Waals surface area contributed by atoms with E-state index in [0.29, 0.717) is 0 Å². The minimum atomic E-state index is 0.201. The van der Waals surface area contributed by atoms with Crippen molar-refractivity contribution >= 4 is 5.69 Å². The van der Waals surface area contributed by atoms with Crippen LogP contribution < -0.4 is 20.5 Å². The number of nitrogens with one attached hydrogen (secondary N) is 1. The Morgan fingerprint density at radius 2 is 2.00 bits per heavy atom. The van der Waals surface area contributed by atoms with Crippen molar-refractivity contribution in [3.05, 3.63) is 17.7 Å². The zero-order chi connectivity index (χ0) is 12.8. The predicted octanol–water partition coefficient (Wildman–Crippen LogP) is 2.16. The summed E-state index contributed by atoms with van der Waals surface area (Å²) >= 11 is 0. The van der Waals surface area contributed by atoms with E-state index in [4.69, 9.17) is 15.2 Å². The lowest BCUT2D eigenvalue weighted by molar-refractivity contribution is 0.395. The molecule has 0 spiro atoms. The quantitative estimate of drug-likeness (QED) is 0.797. The molecule has 1 aromatic carbocycles. The molecule has 1 rings (SSSR count). The van der Waals surface area contributed by atoms with Crippen LogP contribution in [0.15, 0.2) is 12.1 Å². The third-order valence-electron chi connectivity index (χ3n) is 2.63. The molecule has 1 unspecified atom stereocenters. The summed E-state index contributed by atoms with van der Waals surface area (Å²) in [6.07, 6.45) is 0.925. The van der Waals surface area contributed by atoms with Crippen LogP contribution >= 0.6 is 0 Å². The summed E-state index contributed by atoms with van der Waals surface area (Å²) in [5.74, 6) is 1.60. The molecule has 1 atom stereocenters. The van der Waals surface area contributed by atoms with Gasteiger partial charge in [0, 0.05) is 18.7 Å². The number of aryl methyl sites for hydroxylation is 1. The molecule has 0 saturated heterocycles. The molecule has 0 fully saturated rings. The van der Waals surface area contributed by atoms with Crippen LogP contribution in [0.3, 0.4) is 0 Å². The molecule has 3 N–H and O–H groups in total. The van der Waals surface area contributed by atoms with E-state index in [1.165, 1.54) is 0 Å². The molecule has 0 aliphatic rings. The molecule has 0 radical (unpaired) electrons. The molecule has 0 aliphatic heterocycles. The molecule has 0 heterocycles. The predicted molar refractivity (Wildman–Crippen MR) is 71.0 cm³/mol. The van der Waals surface area contributed by atoms with Gasteiger partial charge in [-0.3, -0.25) is 0 Å². The van der Waals surface area contributed by atoms with E-state index in [-0.39, 0.29) is 6.04 Å².